The first-order chi connectivity index (χ1) is 13.2. The smallest absolute Gasteiger partial charge is 0.289 e. The van der Waals surface area contributed by atoms with E-state index < -0.39 is 0 Å². The van der Waals surface area contributed by atoms with Gasteiger partial charge in [0.25, 0.3) is 5.91 Å². The van der Waals surface area contributed by atoms with Gasteiger partial charge < -0.3 is 19.0 Å². The molecule has 0 aliphatic carbocycles. The van der Waals surface area contributed by atoms with Gasteiger partial charge in [0, 0.05) is 26.7 Å². The Bertz CT molecular complexity index is 713. The Labute approximate surface area is 161 Å². The summed E-state index contributed by atoms with van der Waals surface area (Å²) in [5, 5.41) is 0. The summed E-state index contributed by atoms with van der Waals surface area (Å²) in [6.07, 6.45) is 4.42. The zero-order chi connectivity index (χ0) is 19.1. The minimum Gasteiger partial charge on any atom is -0.453 e. The molecule has 2 heterocycles. The first-order valence-electron chi connectivity index (χ1n) is 9.78. The molecular weight excluding hydrogens is 340 g/mol. The molecule has 5 nitrogen and oxygen atoms in total. The molecule has 146 valence electrons. The van der Waals surface area contributed by atoms with Crippen molar-refractivity contribution in [3.63, 3.8) is 0 Å². The summed E-state index contributed by atoms with van der Waals surface area (Å²) in [4.78, 5) is 17.1. The van der Waals surface area contributed by atoms with Gasteiger partial charge in [0.05, 0.1) is 0 Å². The molecule has 0 N–H and O–H groups in total. The van der Waals surface area contributed by atoms with Crippen molar-refractivity contribution < 1.29 is 13.9 Å². The maximum absolute atomic E-state index is 12.7. The lowest BCUT2D eigenvalue weighted by atomic mass is 10.0. The van der Waals surface area contributed by atoms with Gasteiger partial charge in [0.2, 0.25) is 0 Å². The maximum atomic E-state index is 12.7. The Balaban J connectivity index is 1.49. The first-order valence-corrected chi connectivity index (χ1v) is 9.78. The zero-order valence-electron chi connectivity index (χ0n) is 16.4. The number of likely N-dealkylation sites (tertiary alicyclic amines) is 1. The Kier molecular flexibility index (Phi) is 7.07. The SMILES string of the molecule is COCc1ccc(C(=O)N(C)[C@H]2CCCN(CCCc3ccccc3)C2)o1. The summed E-state index contributed by atoms with van der Waals surface area (Å²) < 4.78 is 10.7. The molecule has 2 aromatic rings. The molecule has 0 spiro atoms. The largest absolute Gasteiger partial charge is 0.453 e. The number of rotatable bonds is 8. The average Bonchev–Trinajstić information content (AvgIpc) is 3.17. The fourth-order valence-corrected chi connectivity index (χ4v) is 3.75. The molecule has 5 heteroatoms. The molecule has 1 amide bonds. The number of nitrogens with zero attached hydrogens (tertiary/aromatic N) is 2. The maximum Gasteiger partial charge on any atom is 0.289 e. The number of ether oxygens (including phenoxy) is 1. The van der Waals surface area contributed by atoms with E-state index in [4.69, 9.17) is 9.15 Å². The molecule has 0 bridgehead atoms. The van der Waals surface area contributed by atoms with Gasteiger partial charge in [-0.2, -0.15) is 0 Å². The highest BCUT2D eigenvalue weighted by Gasteiger charge is 2.27. The highest BCUT2D eigenvalue weighted by Crippen LogP contribution is 2.19. The number of aryl methyl sites for hydroxylation is 1. The van der Waals surface area contributed by atoms with Crippen LogP contribution in [0.3, 0.4) is 0 Å². The molecule has 1 saturated heterocycles. The van der Waals surface area contributed by atoms with E-state index in [1.165, 1.54) is 5.56 Å². The van der Waals surface area contributed by atoms with Crippen LogP contribution in [-0.2, 0) is 17.8 Å². The molecule has 1 aromatic carbocycles. The third-order valence-corrected chi connectivity index (χ3v) is 5.29. The Morgan fingerprint density at radius 3 is 2.85 bits per heavy atom. The number of methoxy groups -OCH3 is 1. The number of likely N-dealkylation sites (N-methyl/N-ethyl adjacent to an activating group) is 1. The summed E-state index contributed by atoms with van der Waals surface area (Å²) >= 11 is 0. The van der Waals surface area contributed by atoms with E-state index in [0.717, 1.165) is 45.3 Å². The lowest BCUT2D eigenvalue weighted by Crippen LogP contribution is -2.48. The number of carbonyl (C=O) groups is 1. The average molecular weight is 370 g/mol. The van der Waals surface area contributed by atoms with E-state index in [1.807, 2.05) is 11.9 Å². The highest BCUT2D eigenvalue weighted by atomic mass is 16.5. The normalized spacial score (nSPS) is 17.8. The number of amides is 1. The topological polar surface area (TPSA) is 45.9 Å². The number of furan rings is 1. The van der Waals surface area contributed by atoms with Gasteiger partial charge in [-0.25, -0.2) is 0 Å². The molecule has 3 rings (SSSR count). The quantitative estimate of drug-likeness (QED) is 0.712. The predicted octanol–water partition coefficient (Wildman–Crippen LogP) is 3.60. The van der Waals surface area contributed by atoms with E-state index >= 15 is 0 Å². The molecule has 1 aromatic heterocycles. The summed E-state index contributed by atoms with van der Waals surface area (Å²) in [6.45, 7) is 3.51. The van der Waals surface area contributed by atoms with Crippen molar-refractivity contribution in [3.8, 4) is 0 Å². The molecule has 27 heavy (non-hydrogen) atoms. The zero-order valence-corrected chi connectivity index (χ0v) is 16.4. The molecule has 0 saturated carbocycles. The van der Waals surface area contributed by atoms with Gasteiger partial charge in [-0.05, 0) is 56.5 Å². The predicted molar refractivity (Wildman–Crippen MR) is 106 cm³/mol. The number of hydrogen-bond acceptors (Lipinski definition) is 4. The summed E-state index contributed by atoms with van der Waals surface area (Å²) in [7, 11) is 3.50. The van der Waals surface area contributed by atoms with Crippen molar-refractivity contribution in [1.82, 2.24) is 9.80 Å². The highest BCUT2D eigenvalue weighted by molar-refractivity contribution is 5.91. The van der Waals surface area contributed by atoms with Crippen LogP contribution in [0.5, 0.6) is 0 Å². The van der Waals surface area contributed by atoms with Gasteiger partial charge >= 0.3 is 0 Å². The van der Waals surface area contributed by atoms with Crippen LogP contribution in [0.4, 0.5) is 0 Å². The van der Waals surface area contributed by atoms with Crippen LogP contribution >= 0.6 is 0 Å². The lowest BCUT2D eigenvalue weighted by Gasteiger charge is -2.37. The lowest BCUT2D eigenvalue weighted by molar-refractivity contribution is 0.0581. The third-order valence-electron chi connectivity index (χ3n) is 5.29. The number of piperidine rings is 1. The monoisotopic (exact) mass is 370 g/mol. The van der Waals surface area contributed by atoms with Crippen LogP contribution in [0.2, 0.25) is 0 Å². The van der Waals surface area contributed by atoms with E-state index in [1.54, 1.807) is 19.2 Å². The molecule has 1 fully saturated rings. The van der Waals surface area contributed by atoms with Gasteiger partial charge in [0.1, 0.15) is 12.4 Å². The first kappa shape index (κ1) is 19.6. The van der Waals surface area contributed by atoms with Gasteiger partial charge in [-0.1, -0.05) is 30.3 Å². The standard InChI is InChI=1S/C22H30N2O3/c1-23(22(25)21-13-12-20(27-21)17-26-2)19-11-7-15-24(16-19)14-6-10-18-8-4-3-5-9-18/h3-5,8-9,12-13,19H,6-7,10-11,14-17H2,1-2H3/t19-/m0/s1. The van der Waals surface area contributed by atoms with E-state index in [-0.39, 0.29) is 11.9 Å². The second kappa shape index (κ2) is 9.72. The fraction of sp³-hybridized carbons (Fsp3) is 0.500. The molecular formula is C22H30N2O3. The second-order valence-electron chi connectivity index (χ2n) is 7.30. The van der Waals surface area contributed by atoms with Crippen LogP contribution in [0.15, 0.2) is 46.9 Å². The van der Waals surface area contributed by atoms with Gasteiger partial charge in [-0.3, -0.25) is 4.79 Å². The van der Waals surface area contributed by atoms with Crippen molar-refractivity contribution in [2.45, 2.75) is 38.3 Å². The summed E-state index contributed by atoms with van der Waals surface area (Å²) in [5.41, 5.74) is 1.39. The van der Waals surface area contributed by atoms with Crippen molar-refractivity contribution in [1.29, 1.82) is 0 Å². The molecule has 0 unspecified atom stereocenters. The number of carbonyl (C=O) groups excluding carboxylic acids is 1. The van der Waals surface area contributed by atoms with E-state index in [9.17, 15) is 4.79 Å². The Morgan fingerprint density at radius 2 is 2.07 bits per heavy atom. The second-order valence-corrected chi connectivity index (χ2v) is 7.30. The van der Waals surface area contributed by atoms with Crippen LogP contribution < -0.4 is 0 Å². The molecule has 1 aliphatic heterocycles. The van der Waals surface area contributed by atoms with Crippen LogP contribution in [-0.4, -0.2) is 55.5 Å². The van der Waals surface area contributed by atoms with Crippen LogP contribution in [0, 0.1) is 0 Å². The fourth-order valence-electron chi connectivity index (χ4n) is 3.75. The minimum absolute atomic E-state index is 0.0477. The van der Waals surface area contributed by atoms with Gasteiger partial charge in [-0.15, -0.1) is 0 Å². The summed E-state index contributed by atoms with van der Waals surface area (Å²) in [5.74, 6) is 1.03. The van der Waals surface area contributed by atoms with Crippen molar-refractivity contribution in [3.05, 3.63) is 59.5 Å². The molecule has 0 radical (unpaired) electrons. The van der Waals surface area contributed by atoms with Crippen LogP contribution in [0.25, 0.3) is 0 Å². The molecule has 1 aliphatic rings. The number of benzene rings is 1. The van der Waals surface area contributed by atoms with E-state index in [2.05, 4.69) is 35.2 Å². The Hall–Kier alpha value is -2.11. The summed E-state index contributed by atoms with van der Waals surface area (Å²) in [6, 6.07) is 14.4. The van der Waals surface area contributed by atoms with E-state index in [0.29, 0.717) is 18.1 Å². The van der Waals surface area contributed by atoms with Gasteiger partial charge in [0.15, 0.2) is 5.76 Å². The number of hydrogen-bond donors (Lipinski definition) is 0. The van der Waals surface area contributed by atoms with Crippen molar-refractivity contribution in [2.24, 2.45) is 0 Å². The van der Waals surface area contributed by atoms with Crippen LogP contribution in [0.1, 0.15) is 41.1 Å². The molecule has 1 atom stereocenters. The minimum atomic E-state index is -0.0477. The van der Waals surface area contributed by atoms with Crippen molar-refractivity contribution >= 4 is 5.91 Å². The van der Waals surface area contributed by atoms with Crippen molar-refractivity contribution in [2.75, 3.05) is 33.8 Å². The third kappa shape index (κ3) is 5.44. The Morgan fingerprint density at radius 1 is 1.26 bits per heavy atom.